The molecule has 0 fully saturated rings. The van der Waals surface area contributed by atoms with Crippen molar-refractivity contribution >= 4 is 33.2 Å². The Morgan fingerprint density at radius 1 is 1.50 bits per heavy atom. The Balaban J connectivity index is 2.51. The number of benzene rings is 1. The summed E-state index contributed by atoms with van der Waals surface area (Å²) in [6, 6.07) is 5.49. The number of halogens is 2. The Morgan fingerprint density at radius 3 is 2.89 bits per heavy atom. The van der Waals surface area contributed by atoms with Gasteiger partial charge in [0.25, 0.3) is 0 Å². The minimum atomic E-state index is 0.576. The first-order valence-electron chi connectivity index (χ1n) is 5.39. The Bertz CT molecular complexity index is 537. The van der Waals surface area contributed by atoms with Crippen molar-refractivity contribution in [1.29, 1.82) is 0 Å². The van der Waals surface area contributed by atoms with Gasteiger partial charge in [-0.05, 0) is 18.2 Å². The highest BCUT2D eigenvalue weighted by atomic mass is 79.9. The second-order valence-electron chi connectivity index (χ2n) is 3.76. The lowest BCUT2D eigenvalue weighted by molar-refractivity contribution is 0.346. The molecule has 0 aliphatic heterocycles. The maximum atomic E-state index is 6.15. The van der Waals surface area contributed by atoms with Crippen LogP contribution in [-0.2, 0) is 7.05 Å². The van der Waals surface area contributed by atoms with E-state index in [0.717, 1.165) is 22.3 Å². The Kier molecular flexibility index (Phi) is 4.14. The number of aryl methyl sites for hydroxylation is 1. The third-order valence-corrected chi connectivity index (χ3v) is 3.09. The Labute approximate surface area is 119 Å². The van der Waals surface area contributed by atoms with E-state index in [2.05, 4.69) is 21.0 Å². The molecule has 0 amide bonds. The zero-order chi connectivity index (χ0) is 13.1. The van der Waals surface area contributed by atoms with Crippen molar-refractivity contribution in [2.45, 2.75) is 0 Å². The standard InChI is InChI=1S/C12H13BrClN3O/c1-17-12(10(14)7-16-17)9-6-8(15)2-3-11(9)18-5-4-13/h2-3,6-7H,4-5,15H2,1H3. The van der Waals surface area contributed by atoms with Crippen LogP contribution < -0.4 is 10.5 Å². The minimum Gasteiger partial charge on any atom is -0.492 e. The number of alkyl halides is 1. The van der Waals surface area contributed by atoms with Crippen LogP contribution in [0.5, 0.6) is 5.75 Å². The van der Waals surface area contributed by atoms with Crippen LogP contribution in [0.25, 0.3) is 11.3 Å². The van der Waals surface area contributed by atoms with E-state index < -0.39 is 0 Å². The van der Waals surface area contributed by atoms with Crippen LogP contribution >= 0.6 is 27.5 Å². The molecule has 0 radical (unpaired) electrons. The second kappa shape index (κ2) is 5.63. The lowest BCUT2D eigenvalue weighted by Crippen LogP contribution is -2.02. The second-order valence-corrected chi connectivity index (χ2v) is 4.96. The lowest BCUT2D eigenvalue weighted by atomic mass is 10.1. The van der Waals surface area contributed by atoms with Crippen LogP contribution in [0, 0.1) is 0 Å². The van der Waals surface area contributed by atoms with Gasteiger partial charge in [-0.25, -0.2) is 0 Å². The number of hydrogen-bond donors (Lipinski definition) is 1. The monoisotopic (exact) mass is 329 g/mol. The fourth-order valence-corrected chi connectivity index (χ4v) is 2.15. The number of rotatable bonds is 4. The molecule has 0 unspecified atom stereocenters. The number of nitrogens with zero attached hydrogens (tertiary/aromatic N) is 2. The highest BCUT2D eigenvalue weighted by Gasteiger charge is 2.14. The molecule has 2 aromatic rings. The molecule has 96 valence electrons. The van der Waals surface area contributed by atoms with Crippen molar-refractivity contribution in [3.63, 3.8) is 0 Å². The number of nitrogens with two attached hydrogens (primary N) is 1. The summed E-state index contributed by atoms with van der Waals surface area (Å²) in [5, 5.41) is 5.46. The van der Waals surface area contributed by atoms with E-state index in [1.54, 1.807) is 16.9 Å². The van der Waals surface area contributed by atoms with Gasteiger partial charge in [0.1, 0.15) is 5.75 Å². The number of anilines is 1. The molecule has 1 aromatic heterocycles. The van der Waals surface area contributed by atoms with Crippen molar-refractivity contribution in [2.75, 3.05) is 17.7 Å². The summed E-state index contributed by atoms with van der Waals surface area (Å²) in [6.07, 6.45) is 1.61. The van der Waals surface area contributed by atoms with Gasteiger partial charge < -0.3 is 10.5 Å². The van der Waals surface area contributed by atoms with Crippen LogP contribution in [0.2, 0.25) is 5.02 Å². The summed E-state index contributed by atoms with van der Waals surface area (Å²) in [5.74, 6) is 0.745. The molecular formula is C12H13BrClN3O. The molecule has 0 atom stereocenters. The molecule has 0 bridgehead atoms. The van der Waals surface area contributed by atoms with Crippen LogP contribution in [0.15, 0.2) is 24.4 Å². The summed E-state index contributed by atoms with van der Waals surface area (Å²) in [5.41, 5.74) is 8.13. The molecule has 0 saturated carbocycles. The molecule has 1 heterocycles. The number of ether oxygens (including phenoxy) is 1. The summed E-state index contributed by atoms with van der Waals surface area (Å²) in [6.45, 7) is 0.576. The highest BCUT2D eigenvalue weighted by molar-refractivity contribution is 9.09. The normalized spacial score (nSPS) is 10.6. The topological polar surface area (TPSA) is 53.1 Å². The van der Waals surface area contributed by atoms with Gasteiger partial charge in [-0.3, -0.25) is 4.68 Å². The van der Waals surface area contributed by atoms with Gasteiger partial charge in [-0.15, -0.1) is 0 Å². The number of nitrogen functional groups attached to an aromatic ring is 1. The predicted molar refractivity (Wildman–Crippen MR) is 77.4 cm³/mol. The van der Waals surface area contributed by atoms with Crippen molar-refractivity contribution < 1.29 is 4.74 Å². The fraction of sp³-hybridized carbons (Fsp3) is 0.250. The molecule has 4 nitrogen and oxygen atoms in total. The van der Waals surface area contributed by atoms with Crippen LogP contribution in [0.1, 0.15) is 0 Å². The SMILES string of the molecule is Cn1ncc(Cl)c1-c1cc(N)ccc1OCCBr. The Morgan fingerprint density at radius 2 is 2.28 bits per heavy atom. The van der Waals surface area contributed by atoms with E-state index in [4.69, 9.17) is 22.1 Å². The van der Waals surface area contributed by atoms with Gasteiger partial charge in [-0.2, -0.15) is 5.10 Å². The summed E-state index contributed by atoms with van der Waals surface area (Å²) < 4.78 is 7.38. The van der Waals surface area contributed by atoms with Crippen LogP contribution in [0.4, 0.5) is 5.69 Å². The Hall–Kier alpha value is -1.20. The van der Waals surface area contributed by atoms with Crippen LogP contribution in [-0.4, -0.2) is 21.7 Å². The van der Waals surface area contributed by atoms with E-state index in [9.17, 15) is 0 Å². The van der Waals surface area contributed by atoms with E-state index >= 15 is 0 Å². The van der Waals surface area contributed by atoms with Gasteiger partial charge in [-0.1, -0.05) is 27.5 Å². The summed E-state index contributed by atoms with van der Waals surface area (Å²) in [4.78, 5) is 0. The van der Waals surface area contributed by atoms with Gasteiger partial charge >= 0.3 is 0 Å². The van der Waals surface area contributed by atoms with Gasteiger partial charge in [0.2, 0.25) is 0 Å². The molecular weight excluding hydrogens is 318 g/mol. The quantitative estimate of drug-likeness (QED) is 0.692. The van der Waals surface area contributed by atoms with Gasteiger partial charge in [0, 0.05) is 23.6 Å². The largest absolute Gasteiger partial charge is 0.492 e. The number of hydrogen-bond acceptors (Lipinski definition) is 3. The number of aromatic nitrogens is 2. The lowest BCUT2D eigenvalue weighted by Gasteiger charge is -2.12. The molecule has 1 aromatic carbocycles. The van der Waals surface area contributed by atoms with Crippen molar-refractivity contribution in [1.82, 2.24) is 9.78 Å². The molecule has 0 aliphatic carbocycles. The maximum absolute atomic E-state index is 6.15. The van der Waals surface area contributed by atoms with Crippen molar-refractivity contribution in [3.8, 4) is 17.0 Å². The zero-order valence-electron chi connectivity index (χ0n) is 9.86. The fourth-order valence-electron chi connectivity index (χ4n) is 1.72. The molecule has 18 heavy (non-hydrogen) atoms. The molecule has 0 spiro atoms. The van der Waals surface area contributed by atoms with Gasteiger partial charge in [0.05, 0.1) is 23.5 Å². The average Bonchev–Trinajstić information content (AvgIpc) is 2.67. The summed E-state index contributed by atoms with van der Waals surface area (Å²) in [7, 11) is 1.83. The van der Waals surface area contributed by atoms with Gasteiger partial charge in [0.15, 0.2) is 0 Å². The van der Waals surface area contributed by atoms with Crippen LogP contribution in [0.3, 0.4) is 0 Å². The molecule has 0 saturated heterocycles. The highest BCUT2D eigenvalue weighted by Crippen LogP contribution is 2.35. The molecule has 2 rings (SSSR count). The molecule has 0 aliphatic rings. The first-order chi connectivity index (χ1) is 8.63. The van der Waals surface area contributed by atoms with E-state index in [1.165, 1.54) is 0 Å². The van der Waals surface area contributed by atoms with E-state index in [0.29, 0.717) is 17.3 Å². The third kappa shape index (κ3) is 2.62. The van der Waals surface area contributed by atoms with E-state index in [-0.39, 0.29) is 0 Å². The average molecular weight is 331 g/mol. The van der Waals surface area contributed by atoms with Crippen molar-refractivity contribution in [2.24, 2.45) is 7.05 Å². The first-order valence-corrected chi connectivity index (χ1v) is 6.89. The summed E-state index contributed by atoms with van der Waals surface area (Å²) >= 11 is 9.48. The molecule has 6 heteroatoms. The third-order valence-electron chi connectivity index (χ3n) is 2.49. The van der Waals surface area contributed by atoms with E-state index in [1.807, 2.05) is 19.2 Å². The minimum absolute atomic E-state index is 0.576. The predicted octanol–water partition coefficient (Wildman–Crippen LogP) is 3.10. The zero-order valence-corrected chi connectivity index (χ0v) is 12.2. The smallest absolute Gasteiger partial charge is 0.128 e. The molecule has 2 N–H and O–H groups in total. The maximum Gasteiger partial charge on any atom is 0.128 e. The van der Waals surface area contributed by atoms with Crippen molar-refractivity contribution in [3.05, 3.63) is 29.4 Å². The first kappa shape index (κ1) is 13.2.